The molecule has 1 aromatic rings. The van der Waals surface area contributed by atoms with E-state index in [0.717, 1.165) is 11.8 Å². The highest BCUT2D eigenvalue weighted by molar-refractivity contribution is 7.90. The number of rotatable bonds is 5. The molecule has 0 spiro atoms. The van der Waals surface area contributed by atoms with E-state index in [1.165, 1.54) is 12.1 Å². The molecule has 23 heavy (non-hydrogen) atoms. The average Bonchev–Trinajstić information content (AvgIpc) is 2.96. The van der Waals surface area contributed by atoms with E-state index in [0.29, 0.717) is 12.8 Å². The number of ether oxygens (including phenoxy) is 1. The van der Waals surface area contributed by atoms with Crippen LogP contribution in [-0.2, 0) is 24.2 Å². The second-order valence-corrected chi connectivity index (χ2v) is 7.62. The first-order chi connectivity index (χ1) is 10.7. The summed E-state index contributed by atoms with van der Waals surface area (Å²) in [5.74, 6) is -1.43. The molecule has 0 bridgehead atoms. The van der Waals surface area contributed by atoms with Gasteiger partial charge < -0.3 is 15.2 Å². The molecule has 8 heteroatoms. The lowest BCUT2D eigenvalue weighted by molar-refractivity contribution is -0.151. The van der Waals surface area contributed by atoms with Crippen LogP contribution in [0.4, 0.5) is 0 Å². The maximum Gasteiger partial charge on any atom is 0.332 e. The zero-order valence-corrected chi connectivity index (χ0v) is 13.7. The van der Waals surface area contributed by atoms with Gasteiger partial charge in [-0.3, -0.25) is 4.79 Å². The number of carbonyl (C=O) groups excluding carboxylic acids is 1. The quantitative estimate of drug-likeness (QED) is 0.823. The van der Waals surface area contributed by atoms with Crippen LogP contribution in [0.25, 0.3) is 0 Å². The van der Waals surface area contributed by atoms with Crippen LogP contribution in [0.15, 0.2) is 29.2 Å². The largest absolute Gasteiger partial charge is 0.479 e. The number of hydrogen-bond acceptors (Lipinski definition) is 5. The van der Waals surface area contributed by atoms with Crippen LogP contribution in [-0.4, -0.2) is 43.9 Å². The van der Waals surface area contributed by atoms with Crippen molar-refractivity contribution in [3.05, 3.63) is 29.8 Å². The minimum Gasteiger partial charge on any atom is -0.479 e. The average molecular weight is 341 g/mol. The van der Waals surface area contributed by atoms with Crippen LogP contribution < -0.4 is 5.32 Å². The fourth-order valence-corrected chi connectivity index (χ4v) is 3.04. The highest BCUT2D eigenvalue weighted by atomic mass is 32.2. The summed E-state index contributed by atoms with van der Waals surface area (Å²) in [4.78, 5) is 23.1. The van der Waals surface area contributed by atoms with Crippen molar-refractivity contribution in [2.45, 2.75) is 42.9 Å². The third-order valence-corrected chi connectivity index (χ3v) is 4.88. The molecular weight excluding hydrogens is 322 g/mol. The highest BCUT2D eigenvalue weighted by Gasteiger charge is 2.35. The second-order valence-electron chi connectivity index (χ2n) is 5.60. The Morgan fingerprint density at radius 1 is 1.22 bits per heavy atom. The zero-order valence-electron chi connectivity index (χ0n) is 12.9. The van der Waals surface area contributed by atoms with Crippen molar-refractivity contribution in [2.24, 2.45) is 0 Å². The number of aliphatic carboxylic acids is 1. The molecule has 126 valence electrons. The standard InChI is InChI=1S/C15H19NO6S/c1-9(10-3-5-11(6-4-10)23(2,20)21)16-14(17)12-7-8-13(22-12)15(18)19/h3-6,9,12-13H,7-8H2,1-2H3,(H,16,17)(H,18,19)/t9?,12-,13+/m0/s1. The van der Waals surface area contributed by atoms with Gasteiger partial charge in [-0.25, -0.2) is 13.2 Å². The summed E-state index contributed by atoms with van der Waals surface area (Å²) in [6.45, 7) is 1.76. The van der Waals surface area contributed by atoms with Crippen molar-refractivity contribution < 1.29 is 27.9 Å². The van der Waals surface area contributed by atoms with Crippen LogP contribution in [0.5, 0.6) is 0 Å². The predicted molar refractivity (Wildman–Crippen MR) is 81.6 cm³/mol. The van der Waals surface area contributed by atoms with Crippen LogP contribution in [0.3, 0.4) is 0 Å². The van der Waals surface area contributed by atoms with Crippen LogP contribution in [0.2, 0.25) is 0 Å². The van der Waals surface area contributed by atoms with Gasteiger partial charge in [-0.2, -0.15) is 0 Å². The minimum absolute atomic E-state index is 0.211. The summed E-state index contributed by atoms with van der Waals surface area (Å²) >= 11 is 0. The minimum atomic E-state index is -3.26. The molecule has 3 atom stereocenters. The SMILES string of the molecule is CC(NC(=O)[C@@H]1CC[C@H](C(=O)O)O1)c1ccc(S(C)(=O)=O)cc1. The molecule has 0 aromatic heterocycles. The molecule has 1 unspecified atom stereocenters. The van der Waals surface area contributed by atoms with Crippen molar-refractivity contribution in [3.8, 4) is 0 Å². The number of hydrogen-bond donors (Lipinski definition) is 2. The predicted octanol–water partition coefficient (Wildman–Crippen LogP) is 0.899. The van der Waals surface area contributed by atoms with Gasteiger partial charge in [0.1, 0.15) is 6.10 Å². The summed E-state index contributed by atoms with van der Waals surface area (Å²) < 4.78 is 28.0. The molecule has 0 saturated carbocycles. The molecule has 1 amide bonds. The number of carboxylic acid groups (broad SMARTS) is 1. The van der Waals surface area contributed by atoms with Crippen molar-refractivity contribution in [1.29, 1.82) is 0 Å². The Morgan fingerprint density at radius 3 is 2.26 bits per heavy atom. The molecule has 7 nitrogen and oxygen atoms in total. The molecule has 0 aliphatic carbocycles. The van der Waals surface area contributed by atoms with Gasteiger partial charge in [0.05, 0.1) is 10.9 Å². The molecule has 2 rings (SSSR count). The van der Waals surface area contributed by atoms with Crippen molar-refractivity contribution in [2.75, 3.05) is 6.26 Å². The number of nitrogens with one attached hydrogen (secondary N) is 1. The normalized spacial score (nSPS) is 22.5. The highest BCUT2D eigenvalue weighted by Crippen LogP contribution is 2.22. The van der Waals surface area contributed by atoms with E-state index < -0.39 is 28.0 Å². The van der Waals surface area contributed by atoms with Crippen molar-refractivity contribution in [1.82, 2.24) is 5.32 Å². The van der Waals surface area contributed by atoms with Gasteiger partial charge in [0.2, 0.25) is 5.91 Å². The van der Waals surface area contributed by atoms with Gasteiger partial charge in [-0.1, -0.05) is 12.1 Å². The first-order valence-electron chi connectivity index (χ1n) is 7.17. The Hall–Kier alpha value is -1.93. The van der Waals surface area contributed by atoms with E-state index in [1.807, 2.05) is 0 Å². The Labute approximate surface area is 134 Å². The molecule has 2 N–H and O–H groups in total. The van der Waals surface area contributed by atoms with E-state index in [-0.39, 0.29) is 16.8 Å². The smallest absolute Gasteiger partial charge is 0.332 e. The summed E-state index contributed by atoms with van der Waals surface area (Å²) in [5.41, 5.74) is 0.749. The van der Waals surface area contributed by atoms with Crippen LogP contribution in [0.1, 0.15) is 31.4 Å². The van der Waals surface area contributed by atoms with Crippen LogP contribution in [0, 0.1) is 0 Å². The molecule has 1 aliphatic rings. The maximum absolute atomic E-state index is 12.1. The van der Waals surface area contributed by atoms with E-state index in [9.17, 15) is 18.0 Å². The molecule has 1 fully saturated rings. The lowest BCUT2D eigenvalue weighted by Crippen LogP contribution is -2.37. The summed E-state index contributed by atoms with van der Waals surface area (Å²) in [7, 11) is -3.26. The molecule has 0 radical (unpaired) electrons. The lowest BCUT2D eigenvalue weighted by atomic mass is 10.1. The molecule has 1 heterocycles. The Balaban J connectivity index is 1.98. The van der Waals surface area contributed by atoms with E-state index >= 15 is 0 Å². The van der Waals surface area contributed by atoms with Gasteiger partial charge in [-0.15, -0.1) is 0 Å². The Kier molecular flexibility index (Phi) is 5.06. The number of carbonyl (C=O) groups is 2. The molecule has 1 aliphatic heterocycles. The van der Waals surface area contributed by atoms with Gasteiger partial charge in [0.25, 0.3) is 0 Å². The number of sulfone groups is 1. The molecular formula is C15H19NO6S. The first kappa shape index (κ1) is 17.4. The topological polar surface area (TPSA) is 110 Å². The molecule has 1 aromatic carbocycles. The van der Waals surface area contributed by atoms with Crippen molar-refractivity contribution in [3.63, 3.8) is 0 Å². The van der Waals surface area contributed by atoms with E-state index in [2.05, 4.69) is 5.32 Å². The van der Waals surface area contributed by atoms with Gasteiger partial charge in [0, 0.05) is 6.26 Å². The lowest BCUT2D eigenvalue weighted by Gasteiger charge is -2.18. The van der Waals surface area contributed by atoms with E-state index in [1.54, 1.807) is 19.1 Å². The Bertz CT molecular complexity index is 697. The number of carboxylic acids is 1. The third kappa shape index (κ3) is 4.29. The Morgan fingerprint density at radius 2 is 1.78 bits per heavy atom. The molecule has 1 saturated heterocycles. The van der Waals surface area contributed by atoms with E-state index in [4.69, 9.17) is 9.84 Å². The number of benzene rings is 1. The summed E-state index contributed by atoms with van der Waals surface area (Å²) in [5, 5.41) is 11.6. The zero-order chi connectivity index (χ0) is 17.2. The van der Waals surface area contributed by atoms with Gasteiger partial charge in [0.15, 0.2) is 15.9 Å². The van der Waals surface area contributed by atoms with Gasteiger partial charge in [-0.05, 0) is 37.5 Å². The second kappa shape index (κ2) is 6.67. The van der Waals surface area contributed by atoms with Crippen LogP contribution >= 0.6 is 0 Å². The number of amides is 1. The maximum atomic E-state index is 12.1. The summed E-state index contributed by atoms with van der Waals surface area (Å²) in [6, 6.07) is 5.90. The summed E-state index contributed by atoms with van der Waals surface area (Å²) in [6.07, 6.45) is 0.0978. The third-order valence-electron chi connectivity index (χ3n) is 3.75. The fraction of sp³-hybridized carbons (Fsp3) is 0.467. The fourth-order valence-electron chi connectivity index (χ4n) is 2.41. The van der Waals surface area contributed by atoms with Crippen molar-refractivity contribution >= 4 is 21.7 Å². The first-order valence-corrected chi connectivity index (χ1v) is 9.06. The van der Waals surface area contributed by atoms with Gasteiger partial charge >= 0.3 is 5.97 Å². The monoisotopic (exact) mass is 341 g/mol.